The predicted octanol–water partition coefficient (Wildman–Crippen LogP) is 5.39. The van der Waals surface area contributed by atoms with Crippen LogP contribution in [0.2, 0.25) is 0 Å². The molecule has 0 aliphatic carbocycles. The summed E-state index contributed by atoms with van der Waals surface area (Å²) in [6, 6.07) is 24.0. The number of nitrogens with one attached hydrogen (secondary N) is 1. The van der Waals surface area contributed by atoms with Gasteiger partial charge in [-0.25, -0.2) is 0 Å². The Hall–Kier alpha value is -3.32. The van der Waals surface area contributed by atoms with E-state index in [1.54, 1.807) is 24.1 Å². The smallest absolute Gasteiger partial charge is 0.261 e. The average Bonchev–Trinajstić information content (AvgIpc) is 2.90. The van der Waals surface area contributed by atoms with Gasteiger partial charge in [-0.3, -0.25) is 9.59 Å². The zero-order chi connectivity index (χ0) is 25.8. The minimum absolute atomic E-state index is 0.173. The quantitative estimate of drug-likeness (QED) is 0.288. The van der Waals surface area contributed by atoms with E-state index in [4.69, 9.17) is 9.47 Å². The summed E-state index contributed by atoms with van der Waals surface area (Å²) < 4.78 is 12.1. The SMILES string of the molecule is CCCCNC(=O)[C@H](Cc1ccccc1)N(Cc1cccc(Br)c1)C(=O)COc1ccccc1OC. The number of rotatable bonds is 13. The van der Waals surface area contributed by atoms with Gasteiger partial charge < -0.3 is 19.7 Å². The van der Waals surface area contributed by atoms with Crippen molar-refractivity contribution in [3.05, 3.63) is 94.5 Å². The number of halogens is 1. The van der Waals surface area contributed by atoms with Gasteiger partial charge in [-0.05, 0) is 41.8 Å². The van der Waals surface area contributed by atoms with Gasteiger partial charge in [0.05, 0.1) is 7.11 Å². The summed E-state index contributed by atoms with van der Waals surface area (Å²) in [6.07, 6.45) is 2.24. The summed E-state index contributed by atoms with van der Waals surface area (Å²) in [5, 5.41) is 3.03. The van der Waals surface area contributed by atoms with Crippen LogP contribution in [0.1, 0.15) is 30.9 Å². The van der Waals surface area contributed by atoms with Crippen LogP contribution in [0.4, 0.5) is 0 Å². The largest absolute Gasteiger partial charge is 0.493 e. The first-order valence-electron chi connectivity index (χ1n) is 12.1. The van der Waals surface area contributed by atoms with E-state index in [0.717, 1.165) is 28.4 Å². The Balaban J connectivity index is 1.90. The molecule has 0 saturated heterocycles. The molecule has 3 aromatic carbocycles. The van der Waals surface area contributed by atoms with Crippen molar-refractivity contribution in [1.82, 2.24) is 10.2 Å². The number of hydrogen-bond donors (Lipinski definition) is 1. The molecule has 0 fully saturated rings. The maximum absolute atomic E-state index is 13.6. The van der Waals surface area contributed by atoms with Gasteiger partial charge in [-0.2, -0.15) is 0 Å². The molecule has 0 spiro atoms. The molecule has 0 unspecified atom stereocenters. The summed E-state index contributed by atoms with van der Waals surface area (Å²) >= 11 is 3.51. The van der Waals surface area contributed by atoms with Crippen molar-refractivity contribution in [3.8, 4) is 11.5 Å². The van der Waals surface area contributed by atoms with E-state index in [1.165, 1.54) is 0 Å². The Labute approximate surface area is 221 Å². The van der Waals surface area contributed by atoms with Crippen LogP contribution in [-0.2, 0) is 22.6 Å². The second-order valence-corrected chi connectivity index (χ2v) is 9.36. The first-order chi connectivity index (χ1) is 17.5. The van der Waals surface area contributed by atoms with Crippen molar-refractivity contribution in [1.29, 1.82) is 0 Å². The van der Waals surface area contributed by atoms with Crippen LogP contribution in [0.15, 0.2) is 83.3 Å². The zero-order valence-electron chi connectivity index (χ0n) is 20.8. The summed E-state index contributed by atoms with van der Waals surface area (Å²) in [6.45, 7) is 2.69. The van der Waals surface area contributed by atoms with E-state index >= 15 is 0 Å². The van der Waals surface area contributed by atoms with E-state index in [2.05, 4.69) is 28.2 Å². The highest BCUT2D eigenvalue weighted by Gasteiger charge is 2.30. The first kappa shape index (κ1) is 27.3. The van der Waals surface area contributed by atoms with Crippen molar-refractivity contribution in [2.75, 3.05) is 20.3 Å². The molecule has 1 atom stereocenters. The number of methoxy groups -OCH3 is 1. The number of hydrogen-bond acceptors (Lipinski definition) is 4. The number of para-hydroxylation sites is 2. The second-order valence-electron chi connectivity index (χ2n) is 8.44. The number of nitrogens with zero attached hydrogens (tertiary/aromatic N) is 1. The molecule has 0 aromatic heterocycles. The number of benzene rings is 3. The van der Waals surface area contributed by atoms with Crippen LogP contribution in [0.3, 0.4) is 0 Å². The zero-order valence-corrected chi connectivity index (χ0v) is 22.4. The highest BCUT2D eigenvalue weighted by molar-refractivity contribution is 9.10. The minimum Gasteiger partial charge on any atom is -0.493 e. The Morgan fingerprint density at radius 3 is 2.33 bits per heavy atom. The lowest BCUT2D eigenvalue weighted by atomic mass is 10.0. The van der Waals surface area contributed by atoms with Crippen LogP contribution in [0.25, 0.3) is 0 Å². The van der Waals surface area contributed by atoms with Crippen LogP contribution in [-0.4, -0.2) is 43.0 Å². The van der Waals surface area contributed by atoms with Gasteiger partial charge in [0, 0.05) is 24.0 Å². The molecule has 36 heavy (non-hydrogen) atoms. The fourth-order valence-electron chi connectivity index (χ4n) is 3.85. The average molecular weight is 553 g/mol. The topological polar surface area (TPSA) is 67.9 Å². The highest BCUT2D eigenvalue weighted by atomic mass is 79.9. The number of amides is 2. The van der Waals surface area contributed by atoms with Crippen molar-refractivity contribution in [2.24, 2.45) is 0 Å². The van der Waals surface area contributed by atoms with Gasteiger partial charge >= 0.3 is 0 Å². The lowest BCUT2D eigenvalue weighted by Gasteiger charge is -2.31. The highest BCUT2D eigenvalue weighted by Crippen LogP contribution is 2.26. The van der Waals surface area contributed by atoms with Gasteiger partial charge in [-0.15, -0.1) is 0 Å². The van der Waals surface area contributed by atoms with Crippen LogP contribution >= 0.6 is 15.9 Å². The van der Waals surface area contributed by atoms with Crippen molar-refractivity contribution >= 4 is 27.7 Å². The molecular formula is C29H33BrN2O4. The monoisotopic (exact) mass is 552 g/mol. The molecule has 6 nitrogen and oxygen atoms in total. The second kappa shape index (κ2) is 14.3. The molecule has 2 amide bonds. The number of carbonyl (C=O) groups excluding carboxylic acids is 2. The van der Waals surface area contributed by atoms with Gasteiger partial charge in [0.25, 0.3) is 5.91 Å². The van der Waals surface area contributed by atoms with Gasteiger partial charge in [0.1, 0.15) is 6.04 Å². The molecule has 0 radical (unpaired) electrons. The first-order valence-corrected chi connectivity index (χ1v) is 12.9. The Morgan fingerprint density at radius 2 is 1.64 bits per heavy atom. The molecule has 0 heterocycles. The molecule has 0 bridgehead atoms. The fraction of sp³-hybridized carbons (Fsp3) is 0.310. The lowest BCUT2D eigenvalue weighted by Crippen LogP contribution is -2.51. The number of carbonyl (C=O) groups is 2. The third-order valence-electron chi connectivity index (χ3n) is 5.76. The number of unbranched alkanes of at least 4 members (excludes halogenated alkanes) is 1. The summed E-state index contributed by atoms with van der Waals surface area (Å²) in [7, 11) is 1.56. The van der Waals surface area contributed by atoms with Crippen molar-refractivity contribution in [2.45, 2.75) is 38.8 Å². The molecule has 3 rings (SSSR count). The fourth-order valence-corrected chi connectivity index (χ4v) is 4.30. The molecular weight excluding hydrogens is 520 g/mol. The Morgan fingerprint density at radius 1 is 0.944 bits per heavy atom. The van der Waals surface area contributed by atoms with Crippen molar-refractivity contribution < 1.29 is 19.1 Å². The third kappa shape index (κ3) is 8.12. The van der Waals surface area contributed by atoms with Gasteiger partial charge in [0.2, 0.25) is 5.91 Å². The van der Waals surface area contributed by atoms with Crippen LogP contribution < -0.4 is 14.8 Å². The maximum Gasteiger partial charge on any atom is 0.261 e. The maximum atomic E-state index is 13.6. The third-order valence-corrected chi connectivity index (χ3v) is 6.26. The van der Waals surface area contributed by atoms with E-state index in [-0.39, 0.29) is 25.0 Å². The molecule has 7 heteroatoms. The minimum atomic E-state index is -0.697. The normalized spacial score (nSPS) is 11.4. The summed E-state index contributed by atoms with van der Waals surface area (Å²) in [4.78, 5) is 28.7. The molecule has 3 aromatic rings. The molecule has 0 aliphatic heterocycles. The summed E-state index contributed by atoms with van der Waals surface area (Å²) in [5.74, 6) is 0.560. The van der Waals surface area contributed by atoms with Gasteiger partial charge in [0.15, 0.2) is 18.1 Å². The van der Waals surface area contributed by atoms with E-state index in [0.29, 0.717) is 24.5 Å². The molecule has 190 valence electrons. The lowest BCUT2D eigenvalue weighted by molar-refractivity contribution is -0.142. The molecule has 1 N–H and O–H groups in total. The molecule has 0 aliphatic rings. The van der Waals surface area contributed by atoms with E-state index in [1.807, 2.05) is 66.7 Å². The van der Waals surface area contributed by atoms with E-state index in [9.17, 15) is 9.59 Å². The van der Waals surface area contributed by atoms with Gasteiger partial charge in [-0.1, -0.05) is 83.9 Å². The van der Waals surface area contributed by atoms with Crippen LogP contribution in [0, 0.1) is 0 Å². The Kier molecular flexibility index (Phi) is 10.8. The standard InChI is InChI=1S/C29H33BrN2O4/c1-3-4-17-31-29(34)25(19-22-11-6-5-7-12-22)32(20-23-13-10-14-24(30)18-23)28(33)21-36-27-16-9-8-15-26(27)35-2/h5-16,18,25H,3-4,17,19-21H2,1-2H3,(H,31,34)/t25-/m0/s1. The van der Waals surface area contributed by atoms with Crippen LogP contribution in [0.5, 0.6) is 11.5 Å². The predicted molar refractivity (Wildman–Crippen MR) is 145 cm³/mol. The Bertz CT molecular complexity index is 1120. The molecule has 0 saturated carbocycles. The summed E-state index contributed by atoms with van der Waals surface area (Å²) in [5.41, 5.74) is 1.89. The van der Waals surface area contributed by atoms with Crippen molar-refractivity contribution in [3.63, 3.8) is 0 Å². The van der Waals surface area contributed by atoms with E-state index < -0.39 is 6.04 Å². The number of ether oxygens (including phenoxy) is 2.